The maximum atomic E-state index is 9.89. The molecule has 0 atom stereocenters. The Morgan fingerprint density at radius 2 is 2.11 bits per heavy atom. The number of pyridine rings is 1. The Morgan fingerprint density at radius 3 is 2.74 bits per heavy atom. The van der Waals surface area contributed by atoms with Gasteiger partial charge in [0.2, 0.25) is 5.88 Å². The van der Waals surface area contributed by atoms with Crippen LogP contribution in [0, 0.1) is 0 Å². The predicted molar refractivity (Wildman–Crippen MR) is 75.8 cm³/mol. The Hall–Kier alpha value is -1.94. The molecule has 0 aliphatic heterocycles. The van der Waals surface area contributed by atoms with Crippen LogP contribution in [0.5, 0.6) is 17.4 Å². The van der Waals surface area contributed by atoms with Gasteiger partial charge in [-0.3, -0.25) is 0 Å². The van der Waals surface area contributed by atoms with E-state index in [1.807, 2.05) is 6.07 Å². The molecule has 2 aromatic rings. The van der Waals surface area contributed by atoms with E-state index in [1.165, 1.54) is 0 Å². The van der Waals surface area contributed by atoms with Crippen molar-refractivity contribution < 1.29 is 9.84 Å². The van der Waals surface area contributed by atoms with Crippen molar-refractivity contribution >= 4 is 17.3 Å². The molecule has 1 heterocycles. The van der Waals surface area contributed by atoms with Crippen LogP contribution in [0.2, 0.25) is 5.15 Å². The highest BCUT2D eigenvalue weighted by Gasteiger charge is 2.07. The van der Waals surface area contributed by atoms with Crippen LogP contribution in [0.3, 0.4) is 0 Å². The minimum atomic E-state index is 0.0840. The Kier molecular flexibility index (Phi) is 4.12. The highest BCUT2D eigenvalue weighted by atomic mass is 35.5. The van der Waals surface area contributed by atoms with Gasteiger partial charge in [0, 0.05) is 6.07 Å². The molecule has 0 amide bonds. The third kappa shape index (κ3) is 3.29. The number of rotatable bonds is 4. The lowest BCUT2D eigenvalue weighted by atomic mass is 10.1. The fourth-order valence-electron chi connectivity index (χ4n) is 1.69. The quantitative estimate of drug-likeness (QED) is 0.836. The number of hydrogen-bond acceptors (Lipinski definition) is 4. The molecule has 5 heteroatoms. The van der Waals surface area contributed by atoms with Crippen LogP contribution in [0.15, 0.2) is 30.3 Å². The third-order valence-electron chi connectivity index (χ3n) is 2.63. The summed E-state index contributed by atoms with van der Waals surface area (Å²) in [5.74, 6) is 0.714. The Balaban J connectivity index is 2.20. The van der Waals surface area contributed by atoms with Gasteiger partial charge in [-0.25, -0.2) is 0 Å². The normalized spacial score (nSPS) is 10.4. The third-order valence-corrected chi connectivity index (χ3v) is 2.93. The number of aryl methyl sites for hydroxylation is 1. The smallest absolute Gasteiger partial charge is 0.220 e. The van der Waals surface area contributed by atoms with Crippen molar-refractivity contribution in [1.29, 1.82) is 0 Å². The zero-order valence-electron chi connectivity index (χ0n) is 10.6. The van der Waals surface area contributed by atoms with Crippen molar-refractivity contribution in [3.8, 4) is 17.4 Å². The fraction of sp³-hybridized carbons (Fsp3) is 0.214. The number of nitrogens with two attached hydrogens (primary N) is 1. The van der Waals surface area contributed by atoms with Gasteiger partial charge in [-0.2, -0.15) is 4.98 Å². The van der Waals surface area contributed by atoms with Crippen molar-refractivity contribution in [2.75, 3.05) is 5.73 Å². The van der Waals surface area contributed by atoms with E-state index >= 15 is 0 Å². The number of anilines is 1. The summed E-state index contributed by atoms with van der Waals surface area (Å²) in [6, 6.07) is 8.52. The van der Waals surface area contributed by atoms with Crippen molar-refractivity contribution in [3.63, 3.8) is 0 Å². The second kappa shape index (κ2) is 5.80. The topological polar surface area (TPSA) is 68.4 Å². The molecule has 19 heavy (non-hydrogen) atoms. The van der Waals surface area contributed by atoms with Gasteiger partial charge in [-0.1, -0.05) is 31.0 Å². The van der Waals surface area contributed by atoms with Crippen LogP contribution in [0.25, 0.3) is 0 Å². The lowest BCUT2D eigenvalue weighted by Crippen LogP contribution is -1.93. The van der Waals surface area contributed by atoms with Gasteiger partial charge in [0.05, 0.1) is 5.69 Å². The molecule has 0 bridgehead atoms. The highest BCUT2D eigenvalue weighted by molar-refractivity contribution is 6.31. The molecule has 2 rings (SSSR count). The molecule has 1 aromatic carbocycles. The molecule has 0 fully saturated rings. The molecule has 0 spiro atoms. The number of aromatic nitrogens is 1. The second-order valence-electron chi connectivity index (χ2n) is 4.18. The van der Waals surface area contributed by atoms with Gasteiger partial charge in [-0.15, -0.1) is 0 Å². The minimum Gasteiger partial charge on any atom is -0.504 e. The van der Waals surface area contributed by atoms with Gasteiger partial charge in [0.1, 0.15) is 0 Å². The molecule has 3 N–H and O–H groups in total. The summed E-state index contributed by atoms with van der Waals surface area (Å²) in [4.78, 5) is 3.97. The van der Waals surface area contributed by atoms with Crippen molar-refractivity contribution in [1.82, 2.24) is 4.98 Å². The van der Waals surface area contributed by atoms with E-state index in [0.717, 1.165) is 18.4 Å². The summed E-state index contributed by atoms with van der Waals surface area (Å²) in [7, 11) is 0. The average Bonchev–Trinajstić information content (AvgIpc) is 2.37. The van der Waals surface area contributed by atoms with Gasteiger partial charge in [0.25, 0.3) is 0 Å². The molecule has 0 aliphatic rings. The standard InChI is InChI=1S/C14H15ClN2O2/c1-2-3-9-4-6-12(11(18)8-9)19-13-7-5-10(16)14(15)17-13/h4-8,18H,2-3,16H2,1H3. The van der Waals surface area contributed by atoms with Crippen LogP contribution in [0.1, 0.15) is 18.9 Å². The fourth-order valence-corrected chi connectivity index (χ4v) is 1.84. The maximum Gasteiger partial charge on any atom is 0.220 e. The predicted octanol–water partition coefficient (Wildman–Crippen LogP) is 3.77. The summed E-state index contributed by atoms with van der Waals surface area (Å²) in [6.07, 6.45) is 1.94. The summed E-state index contributed by atoms with van der Waals surface area (Å²) in [5, 5.41) is 10.1. The first-order valence-corrected chi connectivity index (χ1v) is 6.39. The van der Waals surface area contributed by atoms with E-state index in [2.05, 4.69) is 11.9 Å². The zero-order valence-corrected chi connectivity index (χ0v) is 11.3. The summed E-state index contributed by atoms with van der Waals surface area (Å²) >= 11 is 5.81. The molecular formula is C14H15ClN2O2. The van der Waals surface area contributed by atoms with E-state index in [9.17, 15) is 5.11 Å². The molecular weight excluding hydrogens is 264 g/mol. The van der Waals surface area contributed by atoms with E-state index in [4.69, 9.17) is 22.1 Å². The van der Waals surface area contributed by atoms with Gasteiger partial charge < -0.3 is 15.6 Å². The number of nitrogens with zero attached hydrogens (tertiary/aromatic N) is 1. The summed E-state index contributed by atoms with van der Waals surface area (Å²) in [5.41, 5.74) is 7.02. The van der Waals surface area contributed by atoms with E-state index in [-0.39, 0.29) is 16.8 Å². The van der Waals surface area contributed by atoms with Crippen LogP contribution in [0.4, 0.5) is 5.69 Å². The summed E-state index contributed by atoms with van der Waals surface area (Å²) in [6.45, 7) is 2.09. The van der Waals surface area contributed by atoms with Gasteiger partial charge in [-0.05, 0) is 30.2 Å². The zero-order chi connectivity index (χ0) is 13.8. The minimum absolute atomic E-state index is 0.0840. The SMILES string of the molecule is CCCc1ccc(Oc2ccc(N)c(Cl)n2)c(O)c1. The largest absolute Gasteiger partial charge is 0.504 e. The second-order valence-corrected chi connectivity index (χ2v) is 4.54. The number of aromatic hydroxyl groups is 1. The Morgan fingerprint density at radius 1 is 1.32 bits per heavy atom. The first-order chi connectivity index (χ1) is 9.10. The average molecular weight is 279 g/mol. The number of phenolic OH excluding ortho intramolecular Hbond substituents is 1. The molecule has 0 radical (unpaired) electrons. The lowest BCUT2D eigenvalue weighted by Gasteiger charge is -2.09. The molecule has 0 aliphatic carbocycles. The number of phenols is 1. The van der Waals surface area contributed by atoms with E-state index < -0.39 is 0 Å². The van der Waals surface area contributed by atoms with E-state index in [0.29, 0.717) is 11.4 Å². The molecule has 0 unspecified atom stereocenters. The number of hydrogen-bond donors (Lipinski definition) is 2. The van der Waals surface area contributed by atoms with Crippen LogP contribution >= 0.6 is 11.6 Å². The molecule has 1 aromatic heterocycles. The first-order valence-electron chi connectivity index (χ1n) is 6.02. The molecule has 0 saturated carbocycles. The molecule has 100 valence electrons. The molecule has 0 saturated heterocycles. The summed E-state index contributed by atoms with van der Waals surface area (Å²) < 4.78 is 5.48. The van der Waals surface area contributed by atoms with Gasteiger partial charge in [0.15, 0.2) is 16.7 Å². The highest BCUT2D eigenvalue weighted by Crippen LogP contribution is 2.32. The van der Waals surface area contributed by atoms with Crippen LogP contribution in [-0.2, 0) is 6.42 Å². The number of nitrogen functional groups attached to an aromatic ring is 1. The molecule has 4 nitrogen and oxygen atoms in total. The number of ether oxygens (including phenoxy) is 1. The van der Waals surface area contributed by atoms with Crippen molar-refractivity contribution in [2.24, 2.45) is 0 Å². The Labute approximate surface area is 116 Å². The lowest BCUT2D eigenvalue weighted by molar-refractivity contribution is 0.402. The van der Waals surface area contributed by atoms with Crippen molar-refractivity contribution in [3.05, 3.63) is 41.0 Å². The monoisotopic (exact) mass is 278 g/mol. The van der Waals surface area contributed by atoms with Gasteiger partial charge >= 0.3 is 0 Å². The van der Waals surface area contributed by atoms with Crippen molar-refractivity contribution in [2.45, 2.75) is 19.8 Å². The first kappa shape index (κ1) is 13.5. The van der Waals surface area contributed by atoms with E-state index in [1.54, 1.807) is 24.3 Å². The van der Waals surface area contributed by atoms with Crippen LogP contribution < -0.4 is 10.5 Å². The number of benzene rings is 1. The Bertz CT molecular complexity index is 588. The number of halogens is 1. The van der Waals surface area contributed by atoms with Crippen LogP contribution in [-0.4, -0.2) is 10.1 Å². The maximum absolute atomic E-state index is 9.89.